The molecule has 4 heteroatoms. The Bertz CT molecular complexity index is 213. The third-order valence-electron chi connectivity index (χ3n) is 2.53. The Kier molecular flexibility index (Phi) is 9.34. The molecular weight excluding hydrogens is 224 g/mol. The van der Waals surface area contributed by atoms with E-state index in [0.29, 0.717) is 30.5 Å². The van der Waals surface area contributed by atoms with Gasteiger partial charge in [0, 0.05) is 11.5 Å². The molecule has 0 aliphatic carbocycles. The van der Waals surface area contributed by atoms with Crippen LogP contribution in [-0.4, -0.2) is 19.0 Å². The van der Waals surface area contributed by atoms with Crippen molar-refractivity contribution in [2.75, 3.05) is 13.1 Å². The summed E-state index contributed by atoms with van der Waals surface area (Å²) < 4.78 is 0. The molecule has 16 heavy (non-hydrogen) atoms. The smallest absolute Gasteiger partial charge is 0.220 e. The fraction of sp³-hybridized carbons (Fsp3) is 0.750. The van der Waals surface area contributed by atoms with Gasteiger partial charge in [0.2, 0.25) is 5.91 Å². The zero-order valence-corrected chi connectivity index (χ0v) is 10.9. The first kappa shape index (κ1) is 15.5. The molecule has 3 nitrogen and oxygen atoms in total. The molecule has 0 aromatic carbocycles. The van der Waals surface area contributed by atoms with Gasteiger partial charge in [-0.15, -0.1) is 0 Å². The molecule has 0 rings (SSSR count). The predicted molar refractivity (Wildman–Crippen MR) is 69.3 cm³/mol. The second-order valence-electron chi connectivity index (χ2n) is 4.06. The highest BCUT2D eigenvalue weighted by molar-refractivity contribution is 6.29. The molecule has 1 amide bonds. The van der Waals surface area contributed by atoms with Crippen LogP contribution in [0.15, 0.2) is 11.6 Å². The zero-order chi connectivity index (χ0) is 12.4. The summed E-state index contributed by atoms with van der Waals surface area (Å²) in [6, 6.07) is 0. The molecule has 0 radical (unpaired) electrons. The molecule has 0 fully saturated rings. The number of hydrogen-bond acceptors (Lipinski definition) is 2. The summed E-state index contributed by atoms with van der Waals surface area (Å²) in [6.45, 7) is 6.73. The Morgan fingerprint density at radius 3 is 2.62 bits per heavy atom. The number of rotatable bonds is 9. The van der Waals surface area contributed by atoms with Crippen molar-refractivity contribution in [2.24, 2.45) is 11.7 Å². The molecule has 0 saturated carbocycles. The molecule has 0 aromatic rings. The number of carbonyl (C=O) groups is 1. The van der Waals surface area contributed by atoms with Crippen LogP contribution in [0.3, 0.4) is 0 Å². The van der Waals surface area contributed by atoms with E-state index in [1.807, 2.05) is 0 Å². The van der Waals surface area contributed by atoms with Gasteiger partial charge in [-0.3, -0.25) is 4.79 Å². The topological polar surface area (TPSA) is 55.1 Å². The van der Waals surface area contributed by atoms with Crippen LogP contribution in [0.1, 0.15) is 39.0 Å². The Hall–Kier alpha value is -0.540. The summed E-state index contributed by atoms with van der Waals surface area (Å²) >= 11 is 5.56. The van der Waals surface area contributed by atoms with Crippen molar-refractivity contribution in [1.82, 2.24) is 5.32 Å². The number of nitrogens with one attached hydrogen (secondary N) is 1. The second kappa shape index (κ2) is 9.67. The first-order chi connectivity index (χ1) is 7.60. The monoisotopic (exact) mass is 246 g/mol. The van der Waals surface area contributed by atoms with Crippen LogP contribution in [-0.2, 0) is 4.79 Å². The minimum atomic E-state index is 0.0416. The number of amides is 1. The third-order valence-corrected chi connectivity index (χ3v) is 2.66. The Balaban J connectivity index is 3.72. The van der Waals surface area contributed by atoms with Crippen LogP contribution in [0.25, 0.3) is 0 Å². The van der Waals surface area contributed by atoms with Crippen LogP contribution in [0, 0.1) is 5.92 Å². The molecule has 0 aliphatic heterocycles. The molecule has 0 heterocycles. The van der Waals surface area contributed by atoms with Crippen molar-refractivity contribution in [2.45, 2.75) is 39.0 Å². The van der Waals surface area contributed by atoms with Crippen LogP contribution in [0.4, 0.5) is 0 Å². The fourth-order valence-electron chi connectivity index (χ4n) is 1.70. The van der Waals surface area contributed by atoms with Gasteiger partial charge in [-0.05, 0) is 25.3 Å². The summed E-state index contributed by atoms with van der Waals surface area (Å²) in [4.78, 5) is 11.4. The Morgan fingerprint density at radius 1 is 1.44 bits per heavy atom. The fourth-order valence-corrected chi connectivity index (χ4v) is 1.76. The molecule has 0 aliphatic rings. The number of nitrogens with two attached hydrogens (primary N) is 1. The summed E-state index contributed by atoms with van der Waals surface area (Å²) in [6.07, 6.45) is 4.75. The average Bonchev–Trinajstić information content (AvgIpc) is 2.23. The Labute approximate surface area is 103 Å². The van der Waals surface area contributed by atoms with Crippen LogP contribution in [0.2, 0.25) is 0 Å². The van der Waals surface area contributed by atoms with E-state index in [1.165, 1.54) is 0 Å². The van der Waals surface area contributed by atoms with Crippen molar-refractivity contribution < 1.29 is 4.79 Å². The first-order valence-corrected chi connectivity index (χ1v) is 6.28. The normalized spacial score (nSPS) is 12.2. The summed E-state index contributed by atoms with van der Waals surface area (Å²) in [5.74, 6) is 0.611. The SMILES string of the molecule is C=C(Cl)CNC(=O)CCC(CCC)CCN. The van der Waals surface area contributed by atoms with E-state index in [0.717, 1.165) is 25.7 Å². The molecule has 94 valence electrons. The van der Waals surface area contributed by atoms with Crippen molar-refractivity contribution in [3.63, 3.8) is 0 Å². The van der Waals surface area contributed by atoms with E-state index >= 15 is 0 Å². The molecule has 0 aromatic heterocycles. The van der Waals surface area contributed by atoms with Gasteiger partial charge in [-0.2, -0.15) is 0 Å². The molecule has 0 bridgehead atoms. The standard InChI is InChI=1S/C12H23ClN2O/c1-3-4-11(7-8-14)5-6-12(16)15-9-10(2)13/h11H,2-9,14H2,1H3,(H,15,16). The van der Waals surface area contributed by atoms with Crippen molar-refractivity contribution in [3.05, 3.63) is 11.6 Å². The highest BCUT2D eigenvalue weighted by Crippen LogP contribution is 2.16. The van der Waals surface area contributed by atoms with Gasteiger partial charge in [-0.1, -0.05) is 37.9 Å². The lowest BCUT2D eigenvalue weighted by Crippen LogP contribution is -2.25. The number of halogens is 1. The summed E-state index contributed by atoms with van der Waals surface area (Å²) in [5, 5.41) is 3.18. The largest absolute Gasteiger partial charge is 0.351 e. The molecule has 1 atom stereocenters. The lowest BCUT2D eigenvalue weighted by Gasteiger charge is -2.14. The van der Waals surface area contributed by atoms with E-state index in [2.05, 4.69) is 18.8 Å². The molecular formula is C12H23ClN2O. The first-order valence-electron chi connectivity index (χ1n) is 5.90. The third kappa shape index (κ3) is 8.74. The minimum Gasteiger partial charge on any atom is -0.351 e. The van der Waals surface area contributed by atoms with Gasteiger partial charge < -0.3 is 11.1 Å². The van der Waals surface area contributed by atoms with Crippen LogP contribution >= 0.6 is 11.6 Å². The van der Waals surface area contributed by atoms with Gasteiger partial charge >= 0.3 is 0 Å². The highest BCUT2D eigenvalue weighted by Gasteiger charge is 2.09. The van der Waals surface area contributed by atoms with Crippen LogP contribution in [0.5, 0.6) is 0 Å². The van der Waals surface area contributed by atoms with Crippen molar-refractivity contribution >= 4 is 17.5 Å². The quantitative estimate of drug-likeness (QED) is 0.657. The summed E-state index contributed by atoms with van der Waals surface area (Å²) in [5.41, 5.74) is 5.53. The lowest BCUT2D eigenvalue weighted by atomic mass is 9.94. The van der Waals surface area contributed by atoms with Gasteiger partial charge in [-0.25, -0.2) is 0 Å². The molecule has 3 N–H and O–H groups in total. The van der Waals surface area contributed by atoms with Crippen molar-refractivity contribution in [1.29, 1.82) is 0 Å². The van der Waals surface area contributed by atoms with E-state index in [9.17, 15) is 4.79 Å². The maximum Gasteiger partial charge on any atom is 0.220 e. The van der Waals surface area contributed by atoms with E-state index in [-0.39, 0.29) is 5.91 Å². The Morgan fingerprint density at radius 2 is 2.12 bits per heavy atom. The second-order valence-corrected chi connectivity index (χ2v) is 4.60. The number of hydrogen-bond donors (Lipinski definition) is 2. The summed E-state index contributed by atoms with van der Waals surface area (Å²) in [7, 11) is 0. The van der Waals surface area contributed by atoms with Crippen LogP contribution < -0.4 is 11.1 Å². The minimum absolute atomic E-state index is 0.0416. The van der Waals surface area contributed by atoms with Gasteiger partial charge in [0.05, 0.1) is 6.54 Å². The number of carbonyl (C=O) groups excluding carboxylic acids is 1. The molecule has 0 saturated heterocycles. The average molecular weight is 247 g/mol. The van der Waals surface area contributed by atoms with Crippen molar-refractivity contribution in [3.8, 4) is 0 Å². The van der Waals surface area contributed by atoms with Gasteiger partial charge in [0.25, 0.3) is 0 Å². The van der Waals surface area contributed by atoms with E-state index < -0.39 is 0 Å². The highest BCUT2D eigenvalue weighted by atomic mass is 35.5. The molecule has 1 unspecified atom stereocenters. The molecule has 0 spiro atoms. The van der Waals surface area contributed by atoms with Gasteiger partial charge in [0.15, 0.2) is 0 Å². The van der Waals surface area contributed by atoms with E-state index in [1.54, 1.807) is 0 Å². The zero-order valence-electron chi connectivity index (χ0n) is 10.1. The van der Waals surface area contributed by atoms with E-state index in [4.69, 9.17) is 17.3 Å². The lowest BCUT2D eigenvalue weighted by molar-refractivity contribution is -0.121. The predicted octanol–water partition coefficient (Wildman–Crippen LogP) is 2.40. The van der Waals surface area contributed by atoms with Gasteiger partial charge in [0.1, 0.15) is 0 Å². The maximum atomic E-state index is 11.4. The maximum absolute atomic E-state index is 11.4.